The lowest BCUT2D eigenvalue weighted by Crippen LogP contribution is -2.04. The summed E-state index contributed by atoms with van der Waals surface area (Å²) < 4.78 is 7.04. The Labute approximate surface area is 307 Å². The van der Waals surface area contributed by atoms with E-state index in [4.69, 9.17) is 9.97 Å². The number of hydrogen-bond acceptors (Lipinski definition) is 3. The van der Waals surface area contributed by atoms with Crippen LogP contribution < -0.4 is 0 Å². The van der Waals surface area contributed by atoms with Gasteiger partial charge < -0.3 is 4.57 Å². The van der Waals surface area contributed by atoms with Crippen molar-refractivity contribution >= 4 is 96.8 Å². The van der Waals surface area contributed by atoms with Crippen molar-refractivity contribution in [3.63, 3.8) is 0 Å². The third kappa shape index (κ3) is 4.05. The standard InChI is InChI=1S/C48H28N4S/c1-2-15-33(16-3-1)51-39-20-10-8-18-35(39)37-25-26-38-36-19-9-11-21-40(36)52(46(38)45(37)51)48-49-43(32-23-22-29-12-4-5-14-31(29)28-32)47-44(50-48)42-34-17-7-6-13-30(34)24-27-41(42)53-47/h1-28H. The molecule has 8 aromatic carbocycles. The number of para-hydroxylation sites is 3. The Hall–Kier alpha value is -6.82. The van der Waals surface area contributed by atoms with Gasteiger partial charge in [0, 0.05) is 42.9 Å². The van der Waals surface area contributed by atoms with Crippen molar-refractivity contribution in [1.29, 1.82) is 0 Å². The van der Waals surface area contributed by atoms with Crippen LogP contribution >= 0.6 is 11.3 Å². The van der Waals surface area contributed by atoms with Crippen LogP contribution in [0.5, 0.6) is 0 Å². The second-order valence-corrected chi connectivity index (χ2v) is 14.8. The Morgan fingerprint density at radius 1 is 0.434 bits per heavy atom. The van der Waals surface area contributed by atoms with Crippen molar-refractivity contribution in [3.8, 4) is 22.9 Å². The van der Waals surface area contributed by atoms with Gasteiger partial charge in [-0.2, -0.15) is 0 Å². The van der Waals surface area contributed by atoms with Gasteiger partial charge in [0.05, 0.1) is 38.0 Å². The van der Waals surface area contributed by atoms with E-state index in [0.29, 0.717) is 5.95 Å². The lowest BCUT2D eigenvalue weighted by atomic mass is 10.0. The van der Waals surface area contributed by atoms with Gasteiger partial charge in [-0.1, -0.05) is 133 Å². The highest BCUT2D eigenvalue weighted by Gasteiger charge is 2.24. The van der Waals surface area contributed by atoms with E-state index in [2.05, 4.69) is 179 Å². The van der Waals surface area contributed by atoms with Gasteiger partial charge in [-0.25, -0.2) is 9.97 Å². The summed E-state index contributed by atoms with van der Waals surface area (Å²) in [5.41, 5.74) is 8.61. The number of nitrogens with zero attached hydrogens (tertiary/aromatic N) is 4. The summed E-state index contributed by atoms with van der Waals surface area (Å²) in [4.78, 5) is 11.2. The van der Waals surface area contributed by atoms with Crippen LogP contribution in [0.25, 0.3) is 108 Å². The van der Waals surface area contributed by atoms with E-state index in [0.717, 1.165) is 43.7 Å². The van der Waals surface area contributed by atoms with Gasteiger partial charge in [0.15, 0.2) is 0 Å². The molecule has 0 saturated carbocycles. The van der Waals surface area contributed by atoms with Crippen LogP contribution in [0.4, 0.5) is 0 Å². The lowest BCUT2D eigenvalue weighted by Gasteiger charge is -2.13. The highest BCUT2D eigenvalue weighted by Crippen LogP contribution is 2.45. The lowest BCUT2D eigenvalue weighted by molar-refractivity contribution is 1.02. The predicted octanol–water partition coefficient (Wildman–Crippen LogP) is 13.0. The van der Waals surface area contributed by atoms with Crippen molar-refractivity contribution < 1.29 is 0 Å². The topological polar surface area (TPSA) is 35.6 Å². The normalized spacial score (nSPS) is 12.2. The molecule has 0 aliphatic rings. The van der Waals surface area contributed by atoms with Gasteiger partial charge in [0.1, 0.15) is 0 Å². The molecule has 53 heavy (non-hydrogen) atoms. The van der Waals surface area contributed by atoms with Gasteiger partial charge in [0.25, 0.3) is 0 Å². The molecule has 4 nitrogen and oxygen atoms in total. The Morgan fingerprint density at radius 2 is 1.04 bits per heavy atom. The monoisotopic (exact) mass is 692 g/mol. The van der Waals surface area contributed by atoms with E-state index < -0.39 is 0 Å². The first kappa shape index (κ1) is 28.8. The van der Waals surface area contributed by atoms with Crippen LogP contribution in [0, 0.1) is 0 Å². The minimum atomic E-state index is 0.664. The summed E-state index contributed by atoms with van der Waals surface area (Å²) in [6.45, 7) is 0. The Morgan fingerprint density at radius 3 is 1.81 bits per heavy atom. The Bertz CT molecular complexity index is 3460. The molecule has 0 spiro atoms. The summed E-state index contributed by atoms with van der Waals surface area (Å²) >= 11 is 1.78. The summed E-state index contributed by atoms with van der Waals surface area (Å²) in [6, 6.07) is 61.1. The second kappa shape index (κ2) is 10.8. The molecular formula is C48H28N4S. The zero-order valence-electron chi connectivity index (χ0n) is 28.4. The third-order valence-electron chi connectivity index (χ3n) is 10.9. The molecule has 246 valence electrons. The molecule has 0 amide bonds. The van der Waals surface area contributed by atoms with Crippen molar-refractivity contribution in [2.24, 2.45) is 0 Å². The zero-order chi connectivity index (χ0) is 34.6. The molecular weight excluding hydrogens is 665 g/mol. The minimum Gasteiger partial charge on any atom is -0.307 e. The third-order valence-corrected chi connectivity index (χ3v) is 12.1. The van der Waals surface area contributed by atoms with Crippen molar-refractivity contribution in [3.05, 3.63) is 170 Å². The quantitative estimate of drug-likeness (QED) is 0.185. The van der Waals surface area contributed by atoms with E-state index in [9.17, 15) is 0 Å². The Balaban J connectivity index is 1.29. The first-order valence-electron chi connectivity index (χ1n) is 17.9. The Kier molecular flexibility index (Phi) is 5.90. The first-order valence-corrected chi connectivity index (χ1v) is 18.7. The molecule has 0 radical (unpaired) electrons. The molecule has 0 fully saturated rings. The number of thiophene rings is 1. The van der Waals surface area contributed by atoms with Crippen molar-refractivity contribution in [2.75, 3.05) is 0 Å². The van der Waals surface area contributed by atoms with Gasteiger partial charge in [-0.15, -0.1) is 11.3 Å². The average Bonchev–Trinajstić information content (AvgIpc) is 3.88. The average molecular weight is 693 g/mol. The fourth-order valence-corrected chi connectivity index (χ4v) is 9.75. The summed E-state index contributed by atoms with van der Waals surface area (Å²) in [7, 11) is 0. The fraction of sp³-hybridized carbons (Fsp3) is 0. The minimum absolute atomic E-state index is 0.664. The largest absolute Gasteiger partial charge is 0.307 e. The van der Waals surface area contributed by atoms with Crippen LogP contribution in [0.3, 0.4) is 0 Å². The number of fused-ring (bicyclic) bond motifs is 13. The zero-order valence-corrected chi connectivity index (χ0v) is 29.2. The molecule has 5 heteroatoms. The van der Waals surface area contributed by atoms with E-state index >= 15 is 0 Å². The summed E-state index contributed by atoms with van der Waals surface area (Å²) in [6.07, 6.45) is 0. The SMILES string of the molecule is c1ccc(-n2c3ccccc3c3ccc4c5ccccc5n(-c5nc(-c6ccc7ccccc7c6)c6sc7ccc8ccccc8c7c6n5)c4c32)cc1. The molecule has 0 bridgehead atoms. The molecule has 0 unspecified atom stereocenters. The molecule has 0 atom stereocenters. The van der Waals surface area contributed by atoms with Crippen LogP contribution in [0.2, 0.25) is 0 Å². The molecule has 12 aromatic rings. The van der Waals surface area contributed by atoms with E-state index in [1.165, 1.54) is 58.7 Å². The van der Waals surface area contributed by atoms with Gasteiger partial charge in [-0.3, -0.25) is 4.57 Å². The van der Waals surface area contributed by atoms with Crippen LogP contribution in [0.15, 0.2) is 170 Å². The molecule has 0 saturated heterocycles. The smallest absolute Gasteiger partial charge is 0.235 e. The molecule has 0 aliphatic carbocycles. The molecule has 12 rings (SSSR count). The number of aromatic nitrogens is 4. The van der Waals surface area contributed by atoms with E-state index in [1.54, 1.807) is 11.3 Å². The van der Waals surface area contributed by atoms with Crippen LogP contribution in [0.1, 0.15) is 0 Å². The summed E-state index contributed by atoms with van der Waals surface area (Å²) in [5, 5.41) is 10.8. The molecule has 0 N–H and O–H groups in total. The number of hydrogen-bond donors (Lipinski definition) is 0. The van der Waals surface area contributed by atoms with Gasteiger partial charge in [-0.05, 0) is 57.9 Å². The van der Waals surface area contributed by atoms with Gasteiger partial charge in [0.2, 0.25) is 5.95 Å². The number of rotatable bonds is 3. The maximum absolute atomic E-state index is 5.62. The first-order chi connectivity index (χ1) is 26.3. The maximum atomic E-state index is 5.62. The maximum Gasteiger partial charge on any atom is 0.235 e. The second-order valence-electron chi connectivity index (χ2n) is 13.8. The molecule has 4 aromatic heterocycles. The molecule has 0 aliphatic heterocycles. The predicted molar refractivity (Wildman–Crippen MR) is 224 cm³/mol. The highest BCUT2D eigenvalue weighted by atomic mass is 32.1. The van der Waals surface area contributed by atoms with Gasteiger partial charge >= 0.3 is 0 Å². The van der Waals surface area contributed by atoms with Crippen LogP contribution in [-0.4, -0.2) is 19.1 Å². The fourth-order valence-electron chi connectivity index (χ4n) is 8.58. The highest BCUT2D eigenvalue weighted by molar-refractivity contribution is 7.26. The number of benzene rings is 8. The van der Waals surface area contributed by atoms with E-state index in [1.807, 2.05) is 0 Å². The van der Waals surface area contributed by atoms with Crippen molar-refractivity contribution in [2.45, 2.75) is 0 Å². The summed E-state index contributed by atoms with van der Waals surface area (Å²) in [5.74, 6) is 0.664. The van der Waals surface area contributed by atoms with Crippen LogP contribution in [-0.2, 0) is 0 Å². The molecule has 4 heterocycles. The van der Waals surface area contributed by atoms with Crippen molar-refractivity contribution in [1.82, 2.24) is 19.1 Å². The van der Waals surface area contributed by atoms with E-state index in [-0.39, 0.29) is 0 Å².